The van der Waals surface area contributed by atoms with Crippen LogP contribution in [0, 0.1) is 0 Å². The maximum absolute atomic E-state index is 8.06. The second-order valence-corrected chi connectivity index (χ2v) is 32.2. The Morgan fingerprint density at radius 3 is 1.17 bits per heavy atom. The van der Waals surface area contributed by atoms with Crippen LogP contribution in [-0.2, 0) is 21.0 Å². The van der Waals surface area contributed by atoms with Crippen molar-refractivity contribution in [3.63, 3.8) is 0 Å². The van der Waals surface area contributed by atoms with Crippen LogP contribution in [0.5, 0.6) is 0 Å². The van der Waals surface area contributed by atoms with Crippen molar-refractivity contribution in [2.75, 3.05) is 0 Å². The monoisotopic (exact) mass is 616 g/mol. The van der Waals surface area contributed by atoms with E-state index >= 15 is 0 Å². The van der Waals surface area contributed by atoms with E-state index < -0.39 is 37.1 Å². The van der Waals surface area contributed by atoms with Crippen molar-refractivity contribution < 1.29 is 31.2 Å². The van der Waals surface area contributed by atoms with Gasteiger partial charge in [0.15, 0.2) is 0 Å². The van der Waals surface area contributed by atoms with Gasteiger partial charge in [-0.05, 0) is 27.7 Å². The fourth-order valence-corrected chi connectivity index (χ4v) is 17.4. The van der Waals surface area contributed by atoms with Crippen LogP contribution in [0.2, 0.25) is 39.3 Å². The van der Waals surface area contributed by atoms with Gasteiger partial charge in [0, 0.05) is 12.2 Å². The molecular weight excluding hydrogens is 567 g/mol. The first-order valence-electron chi connectivity index (χ1n) is 11.3. The van der Waals surface area contributed by atoms with Crippen molar-refractivity contribution in [1.82, 2.24) is 0 Å². The van der Waals surface area contributed by atoms with Crippen molar-refractivity contribution in [1.29, 1.82) is 0 Å². The molecule has 0 saturated heterocycles. The molecule has 2 aliphatic carbocycles. The average Bonchev–Trinajstić information content (AvgIpc) is 3.14. The number of aliphatic hydroxyl groups is 2. The van der Waals surface area contributed by atoms with Gasteiger partial charge in [0.05, 0.1) is 0 Å². The summed E-state index contributed by atoms with van der Waals surface area (Å²) in [5.41, 5.74) is 0. The Morgan fingerprint density at radius 2 is 1.00 bits per heavy atom. The van der Waals surface area contributed by atoms with Crippen molar-refractivity contribution in [2.45, 2.75) is 106 Å². The third-order valence-corrected chi connectivity index (χ3v) is 19.5. The van der Waals surface area contributed by atoms with Crippen LogP contribution in [0.15, 0.2) is 41.4 Å². The van der Waals surface area contributed by atoms with Crippen molar-refractivity contribution in [3.8, 4) is 0 Å². The molecule has 2 nitrogen and oxygen atoms in total. The van der Waals surface area contributed by atoms with Crippen LogP contribution in [0.25, 0.3) is 0 Å². The van der Waals surface area contributed by atoms with Crippen LogP contribution in [0.1, 0.15) is 54.4 Å². The van der Waals surface area contributed by atoms with Gasteiger partial charge in [-0.25, -0.2) is 0 Å². The predicted octanol–water partition coefficient (Wildman–Crippen LogP) is 6.77. The van der Waals surface area contributed by atoms with Gasteiger partial charge in [-0.3, -0.25) is 0 Å². The standard InChI is InChI=1S/2C8H13Si.2C3H8O.C3H6.Hf/c2*1-9(2,3)8-6-4-5-7-8;2*1-3(2)4;1-3-2;/h2*6-7H,4H2,1-3H3;2*3-4H,1-2H3;1-2H3;. The van der Waals surface area contributed by atoms with Crippen LogP contribution >= 0.6 is 0 Å². The fraction of sp³-hybridized carbons (Fsp3) is 0.640. The van der Waals surface area contributed by atoms with E-state index in [1.807, 2.05) is 6.66 Å². The minimum atomic E-state index is -1.92. The fourth-order valence-electron chi connectivity index (χ4n) is 3.29. The summed E-state index contributed by atoms with van der Waals surface area (Å²) in [7, 11) is -2.29. The van der Waals surface area contributed by atoms with Gasteiger partial charge in [0.25, 0.3) is 0 Å². The number of rotatable bonds is 4. The van der Waals surface area contributed by atoms with E-state index in [4.69, 9.17) is 10.2 Å². The molecule has 0 unspecified atom stereocenters. The Balaban J connectivity index is 0.000000901. The molecule has 0 spiro atoms. The van der Waals surface area contributed by atoms with Crippen molar-refractivity contribution in [3.05, 3.63) is 41.4 Å². The van der Waals surface area contributed by atoms with E-state index in [0.717, 1.165) is 0 Å². The molecule has 0 radical (unpaired) electrons. The first kappa shape index (κ1) is 30.1. The Hall–Kier alpha value is 0.0539. The topological polar surface area (TPSA) is 40.5 Å². The number of hydrogen-bond acceptors (Lipinski definition) is 2. The summed E-state index contributed by atoms with van der Waals surface area (Å²) in [4.78, 5) is 0. The van der Waals surface area contributed by atoms with Crippen molar-refractivity contribution >= 4 is 19.4 Å². The second kappa shape index (κ2) is 12.9. The summed E-state index contributed by atoms with van der Waals surface area (Å²) < 4.78 is 5.45. The van der Waals surface area contributed by atoms with Crippen LogP contribution in [-0.4, -0.2) is 41.8 Å². The Labute approximate surface area is 196 Å². The number of allylic oxidation sites excluding steroid dienone is 8. The molecule has 0 amide bonds. The van der Waals surface area contributed by atoms with Gasteiger partial charge in [0.2, 0.25) is 0 Å². The van der Waals surface area contributed by atoms with Gasteiger partial charge < -0.3 is 10.2 Å². The molecule has 2 rings (SSSR count). The van der Waals surface area contributed by atoms with E-state index in [-0.39, 0.29) is 12.2 Å². The van der Waals surface area contributed by atoms with Gasteiger partial charge >= 0.3 is 148 Å². The minimum absolute atomic E-state index is 0.167. The summed E-state index contributed by atoms with van der Waals surface area (Å²) >= 11 is -1.92. The SMILES string of the molecule is CC(C)O.CC(C)O.C[C](C)=[Hf]([C]1=CC([Si](C)(C)C)=CC1)[C]1=CC([Si](C)(C)C)=CC1. The Kier molecular flexibility index (Phi) is 13.0. The summed E-state index contributed by atoms with van der Waals surface area (Å²) in [6, 6.07) is 0. The van der Waals surface area contributed by atoms with Crippen LogP contribution < -0.4 is 0 Å². The first-order valence-corrected chi connectivity index (χ1v) is 23.7. The molecule has 5 heteroatoms. The van der Waals surface area contributed by atoms with E-state index in [0.29, 0.717) is 0 Å². The molecule has 0 saturated carbocycles. The van der Waals surface area contributed by atoms with Crippen molar-refractivity contribution in [2.24, 2.45) is 0 Å². The molecule has 0 aliphatic heterocycles. The maximum atomic E-state index is 8.06. The molecular formula is C25H48HfO2Si2. The van der Waals surface area contributed by atoms with E-state index in [2.05, 4.69) is 77.4 Å². The zero-order chi connectivity index (χ0) is 23.9. The summed E-state index contributed by atoms with van der Waals surface area (Å²) in [6.45, 7) is 26.6. The molecule has 0 atom stereocenters. The zero-order valence-corrected chi connectivity index (χ0v) is 27.4. The first-order chi connectivity index (χ1) is 13.5. The number of hydrogen-bond donors (Lipinski definition) is 2. The quantitative estimate of drug-likeness (QED) is 0.343. The molecule has 0 fully saturated rings. The molecule has 2 aliphatic rings. The van der Waals surface area contributed by atoms with Crippen LogP contribution in [0.4, 0.5) is 0 Å². The normalized spacial score (nSPS) is 16.1. The summed E-state index contributed by atoms with van der Waals surface area (Å²) in [6.07, 6.45) is 12.6. The third-order valence-electron chi connectivity index (χ3n) is 4.62. The van der Waals surface area contributed by atoms with Gasteiger partial charge in [0.1, 0.15) is 0 Å². The zero-order valence-electron chi connectivity index (χ0n) is 21.8. The van der Waals surface area contributed by atoms with E-state index in [9.17, 15) is 0 Å². The molecule has 172 valence electrons. The molecule has 2 N–H and O–H groups in total. The van der Waals surface area contributed by atoms with Gasteiger partial charge in [-0.15, -0.1) is 0 Å². The summed E-state index contributed by atoms with van der Waals surface area (Å²) in [5, 5.41) is 19.5. The summed E-state index contributed by atoms with van der Waals surface area (Å²) in [5.74, 6) is 0. The molecule has 0 aromatic carbocycles. The number of aliphatic hydroxyl groups excluding tert-OH is 2. The average molecular weight is 615 g/mol. The van der Waals surface area contributed by atoms with E-state index in [1.54, 1.807) is 41.3 Å². The van der Waals surface area contributed by atoms with Crippen LogP contribution in [0.3, 0.4) is 0 Å². The Bertz CT molecular complexity index is 660. The second-order valence-electron chi connectivity index (χ2n) is 11.1. The third kappa shape index (κ3) is 11.6. The van der Waals surface area contributed by atoms with Gasteiger partial charge in [-0.2, -0.15) is 0 Å². The Morgan fingerprint density at radius 1 is 0.733 bits per heavy atom. The molecule has 0 bridgehead atoms. The molecule has 0 aromatic rings. The van der Waals surface area contributed by atoms with E-state index in [1.165, 1.54) is 12.8 Å². The predicted molar refractivity (Wildman–Crippen MR) is 139 cm³/mol. The molecule has 0 aromatic heterocycles. The van der Waals surface area contributed by atoms with Gasteiger partial charge in [-0.1, -0.05) is 0 Å². The molecule has 0 heterocycles. The molecule has 30 heavy (non-hydrogen) atoms.